The van der Waals surface area contributed by atoms with Crippen molar-refractivity contribution in [2.75, 3.05) is 0 Å². The molecule has 0 spiro atoms. The van der Waals surface area contributed by atoms with Crippen molar-refractivity contribution >= 4 is 0 Å². The van der Waals surface area contributed by atoms with Gasteiger partial charge in [0.1, 0.15) is 11.8 Å². The smallest absolute Gasteiger partial charge is 0.140 e. The summed E-state index contributed by atoms with van der Waals surface area (Å²) in [5.41, 5.74) is 2.56. The Labute approximate surface area is 89.9 Å². The topological polar surface area (TPSA) is 36.7 Å². The highest BCUT2D eigenvalue weighted by Gasteiger charge is 1.98. The summed E-state index contributed by atoms with van der Waals surface area (Å²) >= 11 is 0. The van der Waals surface area contributed by atoms with E-state index >= 15 is 0 Å². The van der Waals surface area contributed by atoms with E-state index in [-0.39, 0.29) is 0 Å². The summed E-state index contributed by atoms with van der Waals surface area (Å²) in [5.74, 6) is 0. The Kier molecular flexibility index (Phi) is 4.05. The normalized spacial score (nSPS) is 10.5. The van der Waals surface area contributed by atoms with Crippen molar-refractivity contribution in [1.82, 2.24) is 4.98 Å². The first kappa shape index (κ1) is 10.9. The van der Waals surface area contributed by atoms with Crippen LogP contribution in [0.25, 0.3) is 0 Å². The molecule has 1 aromatic heterocycles. The first-order valence-corrected chi connectivity index (χ1v) is 4.59. The van der Waals surface area contributed by atoms with Crippen LogP contribution in [0.4, 0.5) is 0 Å². The first-order chi connectivity index (χ1) is 7.30. The highest BCUT2D eigenvalue weighted by Crippen LogP contribution is 2.09. The number of nitriles is 1. The van der Waals surface area contributed by atoms with Gasteiger partial charge in [0.2, 0.25) is 0 Å². The summed E-state index contributed by atoms with van der Waals surface area (Å²) in [5, 5.41) is 8.69. The predicted octanol–water partition coefficient (Wildman–Crippen LogP) is 2.79. The van der Waals surface area contributed by atoms with E-state index in [4.69, 9.17) is 5.26 Å². The lowest BCUT2D eigenvalue weighted by molar-refractivity contribution is 1.15. The second-order valence-corrected chi connectivity index (χ2v) is 3.02. The molecule has 0 aliphatic heterocycles. The Bertz CT molecular complexity index is 436. The summed E-state index contributed by atoms with van der Waals surface area (Å²) in [6.07, 6.45) is 7.80. The molecule has 0 bridgehead atoms. The lowest BCUT2D eigenvalue weighted by atomic mass is 10.1. The van der Waals surface area contributed by atoms with Crippen LogP contribution in [0.15, 0.2) is 55.3 Å². The zero-order valence-corrected chi connectivity index (χ0v) is 8.48. The molecule has 0 amide bonds. The van der Waals surface area contributed by atoms with Gasteiger partial charge < -0.3 is 0 Å². The minimum atomic E-state index is 0.439. The van der Waals surface area contributed by atoms with Crippen molar-refractivity contribution in [3.8, 4) is 6.07 Å². The number of nitrogens with zero attached hydrogens (tertiary/aromatic N) is 2. The molecule has 1 heterocycles. The van der Waals surface area contributed by atoms with Crippen LogP contribution in [0, 0.1) is 11.3 Å². The summed E-state index contributed by atoms with van der Waals surface area (Å²) in [4.78, 5) is 3.91. The fraction of sp³-hybridized carbons (Fsp3) is 0.0769. The number of rotatable bonds is 4. The van der Waals surface area contributed by atoms with E-state index in [1.54, 1.807) is 24.4 Å². The van der Waals surface area contributed by atoms with Crippen LogP contribution < -0.4 is 0 Å². The van der Waals surface area contributed by atoms with Gasteiger partial charge in [-0.3, -0.25) is 0 Å². The van der Waals surface area contributed by atoms with E-state index in [0.29, 0.717) is 5.69 Å². The molecule has 1 rings (SSSR count). The van der Waals surface area contributed by atoms with Gasteiger partial charge in [0.25, 0.3) is 0 Å². The van der Waals surface area contributed by atoms with Crippen molar-refractivity contribution in [2.45, 2.75) is 6.42 Å². The molecule has 0 saturated heterocycles. The van der Waals surface area contributed by atoms with E-state index in [0.717, 1.165) is 17.6 Å². The minimum Gasteiger partial charge on any atom is -0.246 e. The molecule has 0 radical (unpaired) electrons. The highest BCUT2D eigenvalue weighted by molar-refractivity contribution is 5.32. The van der Waals surface area contributed by atoms with Crippen LogP contribution in [-0.2, 0) is 6.42 Å². The van der Waals surface area contributed by atoms with E-state index in [1.165, 1.54) is 0 Å². The van der Waals surface area contributed by atoms with Gasteiger partial charge in [-0.05, 0) is 29.7 Å². The Morgan fingerprint density at radius 3 is 2.93 bits per heavy atom. The molecule has 74 valence electrons. The Morgan fingerprint density at radius 1 is 1.53 bits per heavy atom. The molecule has 2 heteroatoms. The summed E-state index contributed by atoms with van der Waals surface area (Å²) < 4.78 is 0. The fourth-order valence-corrected chi connectivity index (χ4v) is 1.23. The summed E-state index contributed by atoms with van der Waals surface area (Å²) in [7, 11) is 0. The van der Waals surface area contributed by atoms with Crippen molar-refractivity contribution in [3.63, 3.8) is 0 Å². The molecule has 0 atom stereocenters. The SMILES string of the molecule is C=C/C=C(\C=C)Cc1ccnc(C#N)c1. The lowest BCUT2D eigenvalue weighted by Gasteiger charge is -2.01. The van der Waals surface area contributed by atoms with Crippen LogP contribution in [0.1, 0.15) is 11.3 Å². The van der Waals surface area contributed by atoms with Gasteiger partial charge >= 0.3 is 0 Å². The molecule has 1 aromatic rings. The Morgan fingerprint density at radius 2 is 2.33 bits per heavy atom. The third-order valence-corrected chi connectivity index (χ3v) is 1.94. The number of allylic oxidation sites excluding steroid dienone is 4. The van der Waals surface area contributed by atoms with Gasteiger partial charge in [0.15, 0.2) is 0 Å². The van der Waals surface area contributed by atoms with Gasteiger partial charge in [0.05, 0.1) is 0 Å². The number of aromatic nitrogens is 1. The number of hydrogen-bond donors (Lipinski definition) is 0. The second kappa shape index (κ2) is 5.56. The number of pyridine rings is 1. The Balaban J connectivity index is 2.89. The minimum absolute atomic E-state index is 0.439. The van der Waals surface area contributed by atoms with E-state index in [2.05, 4.69) is 18.1 Å². The molecule has 0 N–H and O–H groups in total. The zero-order chi connectivity index (χ0) is 11.1. The Hall–Kier alpha value is -2.14. The largest absolute Gasteiger partial charge is 0.246 e. The maximum Gasteiger partial charge on any atom is 0.140 e. The summed E-state index contributed by atoms with van der Waals surface area (Å²) in [6, 6.07) is 5.68. The van der Waals surface area contributed by atoms with Crippen LogP contribution >= 0.6 is 0 Å². The zero-order valence-electron chi connectivity index (χ0n) is 8.48. The molecule has 0 aliphatic rings. The van der Waals surface area contributed by atoms with Crippen molar-refractivity contribution in [1.29, 1.82) is 5.26 Å². The molecular formula is C13H12N2. The van der Waals surface area contributed by atoms with Gasteiger partial charge in [-0.15, -0.1) is 0 Å². The molecule has 0 aliphatic carbocycles. The van der Waals surface area contributed by atoms with E-state index < -0.39 is 0 Å². The average Bonchev–Trinajstić information content (AvgIpc) is 2.29. The van der Waals surface area contributed by atoms with Gasteiger partial charge in [-0.1, -0.05) is 31.4 Å². The third-order valence-electron chi connectivity index (χ3n) is 1.94. The lowest BCUT2D eigenvalue weighted by Crippen LogP contribution is -1.90. The van der Waals surface area contributed by atoms with Crippen LogP contribution in [0.5, 0.6) is 0 Å². The van der Waals surface area contributed by atoms with Gasteiger partial charge in [0, 0.05) is 6.20 Å². The maximum absolute atomic E-state index is 8.69. The van der Waals surface area contributed by atoms with Crippen molar-refractivity contribution < 1.29 is 0 Å². The standard InChI is InChI=1S/C13H12N2/c1-3-5-11(4-2)8-12-6-7-15-13(9-12)10-14/h3-7,9H,1-2,8H2/b11-5+. The van der Waals surface area contributed by atoms with Crippen LogP contribution in [-0.4, -0.2) is 4.98 Å². The highest BCUT2D eigenvalue weighted by atomic mass is 14.7. The van der Waals surface area contributed by atoms with Crippen molar-refractivity contribution in [3.05, 3.63) is 66.5 Å². The number of hydrogen-bond acceptors (Lipinski definition) is 2. The van der Waals surface area contributed by atoms with Crippen LogP contribution in [0.2, 0.25) is 0 Å². The maximum atomic E-state index is 8.69. The van der Waals surface area contributed by atoms with E-state index in [1.807, 2.05) is 18.2 Å². The molecule has 0 saturated carbocycles. The second-order valence-electron chi connectivity index (χ2n) is 3.02. The molecule has 0 unspecified atom stereocenters. The molecule has 0 aromatic carbocycles. The predicted molar refractivity (Wildman–Crippen MR) is 61.1 cm³/mol. The molecular weight excluding hydrogens is 184 g/mol. The monoisotopic (exact) mass is 196 g/mol. The van der Waals surface area contributed by atoms with Gasteiger partial charge in [-0.25, -0.2) is 4.98 Å². The van der Waals surface area contributed by atoms with Crippen LogP contribution in [0.3, 0.4) is 0 Å². The fourth-order valence-electron chi connectivity index (χ4n) is 1.23. The first-order valence-electron chi connectivity index (χ1n) is 4.59. The molecule has 0 fully saturated rings. The molecule has 15 heavy (non-hydrogen) atoms. The van der Waals surface area contributed by atoms with E-state index in [9.17, 15) is 0 Å². The average molecular weight is 196 g/mol. The third kappa shape index (κ3) is 3.24. The van der Waals surface area contributed by atoms with Crippen molar-refractivity contribution in [2.24, 2.45) is 0 Å². The molecule has 2 nitrogen and oxygen atoms in total. The quantitative estimate of drug-likeness (QED) is 0.694. The summed E-state index contributed by atoms with van der Waals surface area (Å²) in [6.45, 7) is 7.36. The van der Waals surface area contributed by atoms with Gasteiger partial charge in [-0.2, -0.15) is 5.26 Å².